The third kappa shape index (κ3) is 3.14. The van der Waals surface area contributed by atoms with Gasteiger partial charge < -0.3 is 10.6 Å². The molecule has 0 aliphatic heterocycles. The molecule has 1 rings (SSSR count). The highest BCUT2D eigenvalue weighted by Gasteiger charge is 2.42. The van der Waals surface area contributed by atoms with Crippen LogP contribution < -0.4 is 5.73 Å². The molecule has 1 unspecified atom stereocenters. The molecular formula is C11H24N2S. The maximum Gasteiger partial charge on any atom is 0.0180 e. The number of nitrogens with two attached hydrogens (primary N) is 1. The highest BCUT2D eigenvalue weighted by Crippen LogP contribution is 2.45. The van der Waals surface area contributed by atoms with Gasteiger partial charge in [-0.15, -0.1) is 0 Å². The molecule has 2 N–H and O–H groups in total. The number of rotatable bonds is 7. The normalized spacial score (nSPS) is 21.2. The Hall–Kier alpha value is 0.270. The summed E-state index contributed by atoms with van der Waals surface area (Å²) in [5, 5.41) is 0. The summed E-state index contributed by atoms with van der Waals surface area (Å²) in [6.45, 7) is 4.34. The Kier molecular flexibility index (Phi) is 4.74. The first-order valence-electron chi connectivity index (χ1n) is 5.56. The molecule has 0 aromatic carbocycles. The Bertz CT molecular complexity index is 169. The zero-order valence-corrected chi connectivity index (χ0v) is 10.6. The molecule has 3 heteroatoms. The third-order valence-electron chi connectivity index (χ3n) is 3.43. The Balaban J connectivity index is 2.35. The van der Waals surface area contributed by atoms with Gasteiger partial charge in [-0.1, -0.05) is 6.92 Å². The molecule has 1 saturated carbocycles. The highest BCUT2D eigenvalue weighted by molar-refractivity contribution is 7.98. The summed E-state index contributed by atoms with van der Waals surface area (Å²) < 4.78 is 0. The quantitative estimate of drug-likeness (QED) is 0.703. The van der Waals surface area contributed by atoms with Crippen molar-refractivity contribution in [2.75, 3.05) is 32.1 Å². The molecule has 1 fully saturated rings. The van der Waals surface area contributed by atoms with Crippen molar-refractivity contribution in [1.82, 2.24) is 4.90 Å². The van der Waals surface area contributed by atoms with Crippen molar-refractivity contribution in [3.63, 3.8) is 0 Å². The van der Waals surface area contributed by atoms with Crippen LogP contribution in [0.15, 0.2) is 0 Å². The van der Waals surface area contributed by atoms with E-state index < -0.39 is 0 Å². The lowest BCUT2D eigenvalue weighted by atomic mass is 10.1. The highest BCUT2D eigenvalue weighted by atomic mass is 32.2. The van der Waals surface area contributed by atoms with Gasteiger partial charge in [0.1, 0.15) is 0 Å². The molecule has 0 aromatic rings. The van der Waals surface area contributed by atoms with Gasteiger partial charge in [0.2, 0.25) is 0 Å². The second-order valence-corrected chi connectivity index (χ2v) is 5.55. The molecule has 1 aliphatic rings. The number of hydrogen-bond acceptors (Lipinski definition) is 3. The predicted molar refractivity (Wildman–Crippen MR) is 65.8 cm³/mol. The van der Waals surface area contributed by atoms with Gasteiger partial charge in [-0.25, -0.2) is 0 Å². The molecular weight excluding hydrogens is 192 g/mol. The number of nitrogens with zero attached hydrogens (tertiary/aromatic N) is 1. The lowest BCUT2D eigenvalue weighted by Gasteiger charge is -2.30. The molecule has 0 amide bonds. The minimum absolute atomic E-state index is 0.487. The van der Waals surface area contributed by atoms with E-state index in [2.05, 4.69) is 25.1 Å². The van der Waals surface area contributed by atoms with Crippen LogP contribution in [0.3, 0.4) is 0 Å². The summed E-state index contributed by atoms with van der Waals surface area (Å²) in [6, 6.07) is 0.731. The van der Waals surface area contributed by atoms with E-state index in [4.69, 9.17) is 5.73 Å². The summed E-state index contributed by atoms with van der Waals surface area (Å²) in [4.78, 5) is 2.51. The fourth-order valence-corrected chi connectivity index (χ4v) is 2.89. The summed E-state index contributed by atoms with van der Waals surface area (Å²) in [7, 11) is 2.25. The van der Waals surface area contributed by atoms with Crippen LogP contribution in [0.5, 0.6) is 0 Å². The van der Waals surface area contributed by atoms with Gasteiger partial charge in [-0.05, 0) is 44.5 Å². The monoisotopic (exact) mass is 216 g/mol. The molecule has 0 aromatic heterocycles. The molecule has 1 aliphatic carbocycles. The van der Waals surface area contributed by atoms with E-state index in [1.165, 1.54) is 31.6 Å². The van der Waals surface area contributed by atoms with Gasteiger partial charge in [0.15, 0.2) is 0 Å². The number of hydrogen-bond donors (Lipinski definition) is 1. The first-order chi connectivity index (χ1) is 6.67. The fourth-order valence-electron chi connectivity index (χ4n) is 2.01. The minimum Gasteiger partial charge on any atom is -0.330 e. The van der Waals surface area contributed by atoms with Crippen LogP contribution in [0.2, 0.25) is 0 Å². The first-order valence-corrected chi connectivity index (χ1v) is 6.96. The Labute approximate surface area is 92.6 Å². The van der Waals surface area contributed by atoms with E-state index in [-0.39, 0.29) is 0 Å². The van der Waals surface area contributed by atoms with E-state index in [9.17, 15) is 0 Å². The molecule has 14 heavy (non-hydrogen) atoms. The lowest BCUT2D eigenvalue weighted by Crippen LogP contribution is -2.39. The first kappa shape index (κ1) is 12.3. The van der Waals surface area contributed by atoms with Crippen molar-refractivity contribution >= 4 is 11.8 Å². The molecule has 2 nitrogen and oxygen atoms in total. The minimum atomic E-state index is 0.487. The predicted octanol–water partition coefficient (Wildman–Crippen LogP) is 1.80. The molecule has 0 radical (unpaired) electrons. The number of thioether (sulfide) groups is 1. The Morgan fingerprint density at radius 1 is 1.50 bits per heavy atom. The standard InChI is InChI=1S/C11H24N2S/c1-4-10(7-14-3)13(2)9-11(8-12)5-6-11/h10H,4-9,12H2,1-3H3. The second kappa shape index (κ2) is 5.38. The fraction of sp³-hybridized carbons (Fsp3) is 1.00. The molecule has 0 heterocycles. The zero-order chi connectivity index (χ0) is 10.6. The maximum absolute atomic E-state index is 5.80. The van der Waals surface area contributed by atoms with Gasteiger partial charge in [-0.3, -0.25) is 0 Å². The van der Waals surface area contributed by atoms with Crippen molar-refractivity contribution < 1.29 is 0 Å². The maximum atomic E-state index is 5.80. The van der Waals surface area contributed by atoms with Crippen LogP contribution in [0.4, 0.5) is 0 Å². The van der Waals surface area contributed by atoms with E-state index in [0.717, 1.165) is 12.6 Å². The van der Waals surface area contributed by atoms with Crippen molar-refractivity contribution in [3.8, 4) is 0 Å². The molecule has 84 valence electrons. The summed E-state index contributed by atoms with van der Waals surface area (Å²) in [5.74, 6) is 1.24. The molecule has 1 atom stereocenters. The Morgan fingerprint density at radius 3 is 2.50 bits per heavy atom. The average molecular weight is 216 g/mol. The second-order valence-electron chi connectivity index (χ2n) is 4.64. The van der Waals surface area contributed by atoms with Crippen LogP contribution in [0.25, 0.3) is 0 Å². The zero-order valence-electron chi connectivity index (χ0n) is 9.75. The SMILES string of the molecule is CCC(CSC)N(C)CC1(CN)CC1. The van der Waals surface area contributed by atoms with Gasteiger partial charge in [0, 0.05) is 18.3 Å². The van der Waals surface area contributed by atoms with E-state index in [0.29, 0.717) is 5.41 Å². The summed E-state index contributed by atoms with van der Waals surface area (Å²) in [6.07, 6.45) is 6.11. The van der Waals surface area contributed by atoms with Crippen molar-refractivity contribution in [3.05, 3.63) is 0 Å². The van der Waals surface area contributed by atoms with Crippen LogP contribution in [-0.2, 0) is 0 Å². The van der Waals surface area contributed by atoms with Gasteiger partial charge in [0.25, 0.3) is 0 Å². The van der Waals surface area contributed by atoms with Crippen molar-refractivity contribution in [2.24, 2.45) is 11.1 Å². The lowest BCUT2D eigenvalue weighted by molar-refractivity contribution is 0.209. The van der Waals surface area contributed by atoms with Gasteiger partial charge >= 0.3 is 0 Å². The van der Waals surface area contributed by atoms with E-state index in [1.54, 1.807) is 0 Å². The summed E-state index contributed by atoms with van der Waals surface area (Å²) >= 11 is 1.94. The average Bonchev–Trinajstić information content (AvgIpc) is 2.94. The van der Waals surface area contributed by atoms with Crippen LogP contribution in [-0.4, -0.2) is 43.1 Å². The third-order valence-corrected chi connectivity index (χ3v) is 4.15. The topological polar surface area (TPSA) is 29.3 Å². The Morgan fingerprint density at radius 2 is 2.14 bits per heavy atom. The summed E-state index contributed by atoms with van der Waals surface area (Å²) in [5.41, 5.74) is 6.29. The molecule has 0 spiro atoms. The molecule has 0 saturated heterocycles. The van der Waals surface area contributed by atoms with E-state index >= 15 is 0 Å². The smallest absolute Gasteiger partial charge is 0.0180 e. The van der Waals surface area contributed by atoms with Crippen LogP contribution in [0.1, 0.15) is 26.2 Å². The van der Waals surface area contributed by atoms with Crippen LogP contribution in [0, 0.1) is 5.41 Å². The van der Waals surface area contributed by atoms with Crippen molar-refractivity contribution in [1.29, 1.82) is 0 Å². The van der Waals surface area contributed by atoms with Crippen molar-refractivity contribution in [2.45, 2.75) is 32.2 Å². The van der Waals surface area contributed by atoms with Crippen LogP contribution >= 0.6 is 11.8 Å². The van der Waals surface area contributed by atoms with E-state index in [1.807, 2.05) is 11.8 Å². The van der Waals surface area contributed by atoms with Gasteiger partial charge in [0.05, 0.1) is 0 Å². The largest absolute Gasteiger partial charge is 0.330 e. The molecule has 0 bridgehead atoms. The van der Waals surface area contributed by atoms with Gasteiger partial charge in [-0.2, -0.15) is 11.8 Å².